The topological polar surface area (TPSA) is 99.0 Å². The standard InChI is InChI=1S/C16H20ClN5O3/c1-4-10(2)14(16(24)25-3)18-13(23)9-22-20-15(19-21-22)11-7-5-6-8-12(11)17/h5-8,10,14H,4,9H2,1-3H3,(H,18,23)/t10-,14-/m1/s1. The first-order chi connectivity index (χ1) is 12.0. The predicted octanol–water partition coefficient (Wildman–Crippen LogP) is 1.70. The second-order valence-electron chi connectivity index (χ2n) is 5.58. The molecule has 0 fully saturated rings. The summed E-state index contributed by atoms with van der Waals surface area (Å²) in [5.74, 6) is -0.617. The van der Waals surface area contributed by atoms with Gasteiger partial charge in [0, 0.05) is 5.56 Å². The summed E-state index contributed by atoms with van der Waals surface area (Å²) < 4.78 is 4.74. The largest absolute Gasteiger partial charge is 0.467 e. The van der Waals surface area contributed by atoms with Gasteiger partial charge in [0.05, 0.1) is 12.1 Å². The Kier molecular flexibility index (Phi) is 6.46. The van der Waals surface area contributed by atoms with E-state index in [9.17, 15) is 9.59 Å². The third-order valence-corrected chi connectivity index (χ3v) is 4.17. The van der Waals surface area contributed by atoms with E-state index in [2.05, 4.69) is 20.7 Å². The van der Waals surface area contributed by atoms with Gasteiger partial charge in [-0.05, 0) is 23.3 Å². The molecule has 0 radical (unpaired) electrons. The van der Waals surface area contributed by atoms with Gasteiger partial charge in [0.15, 0.2) is 0 Å². The molecule has 1 amide bonds. The van der Waals surface area contributed by atoms with Crippen molar-refractivity contribution in [1.82, 2.24) is 25.5 Å². The molecule has 0 aliphatic carbocycles. The molecule has 134 valence electrons. The van der Waals surface area contributed by atoms with Crippen LogP contribution in [0.3, 0.4) is 0 Å². The summed E-state index contributed by atoms with van der Waals surface area (Å²) in [5, 5.41) is 15.1. The number of methoxy groups -OCH3 is 1. The zero-order valence-electron chi connectivity index (χ0n) is 14.3. The molecule has 0 aliphatic heterocycles. The van der Waals surface area contributed by atoms with Gasteiger partial charge in [-0.15, -0.1) is 10.2 Å². The molecule has 1 N–H and O–H groups in total. The molecule has 0 aliphatic rings. The summed E-state index contributed by atoms with van der Waals surface area (Å²) in [7, 11) is 1.29. The number of aromatic nitrogens is 4. The van der Waals surface area contributed by atoms with E-state index in [-0.39, 0.29) is 12.5 Å². The van der Waals surface area contributed by atoms with Crippen molar-refractivity contribution in [3.8, 4) is 11.4 Å². The second-order valence-corrected chi connectivity index (χ2v) is 5.98. The fraction of sp³-hybridized carbons (Fsp3) is 0.438. The molecule has 1 aromatic heterocycles. The van der Waals surface area contributed by atoms with Gasteiger partial charge in [0.25, 0.3) is 0 Å². The molecule has 1 heterocycles. The van der Waals surface area contributed by atoms with Gasteiger partial charge in [0.2, 0.25) is 11.7 Å². The minimum Gasteiger partial charge on any atom is -0.467 e. The van der Waals surface area contributed by atoms with E-state index >= 15 is 0 Å². The van der Waals surface area contributed by atoms with Crippen molar-refractivity contribution >= 4 is 23.5 Å². The lowest BCUT2D eigenvalue weighted by Crippen LogP contribution is -2.46. The normalized spacial score (nSPS) is 13.1. The van der Waals surface area contributed by atoms with Crippen molar-refractivity contribution in [1.29, 1.82) is 0 Å². The highest BCUT2D eigenvalue weighted by molar-refractivity contribution is 6.33. The number of carbonyl (C=O) groups is 2. The Labute approximate surface area is 150 Å². The van der Waals surface area contributed by atoms with Gasteiger partial charge in [-0.2, -0.15) is 4.80 Å². The Morgan fingerprint density at radius 3 is 2.72 bits per heavy atom. The van der Waals surface area contributed by atoms with Gasteiger partial charge in [0.1, 0.15) is 12.6 Å². The van der Waals surface area contributed by atoms with E-state index in [4.69, 9.17) is 16.3 Å². The van der Waals surface area contributed by atoms with Crippen LogP contribution in [-0.4, -0.2) is 45.2 Å². The highest BCUT2D eigenvalue weighted by atomic mass is 35.5. The average molecular weight is 366 g/mol. The van der Waals surface area contributed by atoms with E-state index in [1.807, 2.05) is 19.9 Å². The number of halogens is 1. The van der Waals surface area contributed by atoms with E-state index in [1.165, 1.54) is 7.11 Å². The molecule has 9 heteroatoms. The van der Waals surface area contributed by atoms with Crippen molar-refractivity contribution in [2.24, 2.45) is 5.92 Å². The van der Waals surface area contributed by atoms with Crippen molar-refractivity contribution in [2.75, 3.05) is 7.11 Å². The maximum atomic E-state index is 12.2. The van der Waals surface area contributed by atoms with Gasteiger partial charge in [-0.1, -0.05) is 44.0 Å². The molecule has 0 unspecified atom stereocenters. The molecule has 0 spiro atoms. The van der Waals surface area contributed by atoms with Crippen LogP contribution < -0.4 is 5.32 Å². The van der Waals surface area contributed by atoms with Crippen LogP contribution in [0.4, 0.5) is 0 Å². The van der Waals surface area contributed by atoms with Crippen LogP contribution >= 0.6 is 11.6 Å². The highest BCUT2D eigenvalue weighted by Crippen LogP contribution is 2.23. The maximum Gasteiger partial charge on any atom is 0.328 e. The number of benzene rings is 1. The summed E-state index contributed by atoms with van der Waals surface area (Å²) in [6, 6.07) is 6.37. The Balaban J connectivity index is 2.06. The average Bonchev–Trinajstić information content (AvgIpc) is 3.06. The number of carbonyl (C=O) groups excluding carboxylic acids is 2. The molecule has 2 atom stereocenters. The van der Waals surface area contributed by atoms with Gasteiger partial charge in [-0.3, -0.25) is 4.79 Å². The first-order valence-electron chi connectivity index (χ1n) is 7.86. The van der Waals surface area contributed by atoms with Crippen molar-refractivity contribution in [3.63, 3.8) is 0 Å². The van der Waals surface area contributed by atoms with Gasteiger partial charge in [-0.25, -0.2) is 4.79 Å². The van der Waals surface area contributed by atoms with Crippen LogP contribution in [0.25, 0.3) is 11.4 Å². The highest BCUT2D eigenvalue weighted by Gasteiger charge is 2.27. The summed E-state index contributed by atoms with van der Waals surface area (Å²) in [6.07, 6.45) is 0.721. The van der Waals surface area contributed by atoms with Crippen LogP contribution in [-0.2, 0) is 20.9 Å². The fourth-order valence-electron chi connectivity index (χ4n) is 2.20. The van der Waals surface area contributed by atoms with Crippen LogP contribution in [0.5, 0.6) is 0 Å². The van der Waals surface area contributed by atoms with Crippen LogP contribution in [0.1, 0.15) is 20.3 Å². The summed E-state index contributed by atoms with van der Waals surface area (Å²) in [4.78, 5) is 25.2. The number of nitrogens with one attached hydrogen (secondary N) is 1. The number of amides is 1. The van der Waals surface area contributed by atoms with Crippen LogP contribution in [0.15, 0.2) is 24.3 Å². The summed E-state index contributed by atoms with van der Waals surface area (Å²) in [6.45, 7) is 3.63. The van der Waals surface area contributed by atoms with Crippen LogP contribution in [0.2, 0.25) is 5.02 Å². The number of hydrogen-bond donors (Lipinski definition) is 1. The third-order valence-electron chi connectivity index (χ3n) is 3.84. The van der Waals surface area contributed by atoms with E-state index in [0.717, 1.165) is 11.2 Å². The molecule has 2 aromatic rings. The summed E-state index contributed by atoms with van der Waals surface area (Å²) in [5.41, 5.74) is 0.628. The summed E-state index contributed by atoms with van der Waals surface area (Å²) >= 11 is 6.10. The zero-order chi connectivity index (χ0) is 18.4. The molecule has 0 bridgehead atoms. The zero-order valence-corrected chi connectivity index (χ0v) is 15.0. The monoisotopic (exact) mass is 365 g/mol. The molecule has 2 rings (SSSR count). The number of tetrazole rings is 1. The van der Waals surface area contributed by atoms with Crippen molar-refractivity contribution < 1.29 is 14.3 Å². The SMILES string of the molecule is CC[C@@H](C)[C@@H](NC(=O)Cn1nnc(-c2ccccc2Cl)n1)C(=O)OC. The molecule has 8 nitrogen and oxygen atoms in total. The molecule has 25 heavy (non-hydrogen) atoms. The molecule has 0 saturated carbocycles. The lowest BCUT2D eigenvalue weighted by molar-refractivity contribution is -0.146. The predicted molar refractivity (Wildman–Crippen MR) is 91.7 cm³/mol. The quantitative estimate of drug-likeness (QED) is 0.750. The Morgan fingerprint density at radius 1 is 1.36 bits per heavy atom. The smallest absolute Gasteiger partial charge is 0.328 e. The number of nitrogens with zero attached hydrogens (tertiary/aromatic N) is 4. The third kappa shape index (κ3) is 4.76. The number of ether oxygens (including phenoxy) is 1. The lowest BCUT2D eigenvalue weighted by Gasteiger charge is -2.21. The molecule has 1 aromatic carbocycles. The molecular weight excluding hydrogens is 346 g/mol. The first-order valence-corrected chi connectivity index (χ1v) is 8.24. The first kappa shape index (κ1) is 18.9. The van der Waals surface area contributed by atoms with E-state index < -0.39 is 17.9 Å². The Morgan fingerprint density at radius 2 is 2.08 bits per heavy atom. The Bertz CT molecular complexity index is 749. The van der Waals surface area contributed by atoms with Crippen molar-refractivity contribution in [3.05, 3.63) is 29.3 Å². The molecule has 0 saturated heterocycles. The minimum atomic E-state index is -0.714. The maximum absolute atomic E-state index is 12.2. The fourth-order valence-corrected chi connectivity index (χ4v) is 2.42. The lowest BCUT2D eigenvalue weighted by atomic mass is 9.99. The number of esters is 1. The van der Waals surface area contributed by atoms with E-state index in [0.29, 0.717) is 16.4 Å². The van der Waals surface area contributed by atoms with Gasteiger partial charge >= 0.3 is 5.97 Å². The van der Waals surface area contributed by atoms with Crippen LogP contribution in [0, 0.1) is 5.92 Å². The second kappa shape index (κ2) is 8.57. The Hall–Kier alpha value is -2.48. The number of rotatable bonds is 7. The van der Waals surface area contributed by atoms with Crippen molar-refractivity contribution in [2.45, 2.75) is 32.9 Å². The number of hydrogen-bond acceptors (Lipinski definition) is 6. The molecular formula is C16H20ClN5O3. The van der Waals surface area contributed by atoms with E-state index in [1.54, 1.807) is 18.2 Å². The minimum absolute atomic E-state index is 0.0567. The van der Waals surface area contributed by atoms with Gasteiger partial charge < -0.3 is 10.1 Å².